The van der Waals surface area contributed by atoms with Crippen molar-refractivity contribution in [1.29, 1.82) is 0 Å². The van der Waals surface area contributed by atoms with Crippen molar-refractivity contribution in [3.63, 3.8) is 0 Å². The minimum absolute atomic E-state index is 0.197. The van der Waals surface area contributed by atoms with Crippen molar-refractivity contribution in [2.24, 2.45) is 0 Å². The third-order valence-corrected chi connectivity index (χ3v) is 4.13. The van der Waals surface area contributed by atoms with Gasteiger partial charge in [0.15, 0.2) is 17.3 Å². The molecule has 0 saturated carbocycles. The Morgan fingerprint density at radius 1 is 1.19 bits per heavy atom. The number of carbonyl (C=O) groups excluding carboxylic acids is 1. The molecular formula is C21H26O5. The van der Waals surface area contributed by atoms with Crippen molar-refractivity contribution < 1.29 is 24.1 Å². The van der Waals surface area contributed by atoms with Gasteiger partial charge >= 0.3 is 0 Å². The van der Waals surface area contributed by atoms with E-state index >= 15 is 0 Å². The second-order valence-corrected chi connectivity index (χ2v) is 6.39. The third kappa shape index (κ3) is 3.56. The highest BCUT2D eigenvalue weighted by Gasteiger charge is 2.56. The SMILES string of the molecule is CCCCC#CC1=C(OC(C)C)C(O)(c2ccc(OC)c(OC)c2)C1=O. The van der Waals surface area contributed by atoms with Gasteiger partial charge < -0.3 is 19.3 Å². The van der Waals surface area contributed by atoms with E-state index in [4.69, 9.17) is 14.2 Å². The molecule has 2 rings (SSSR count). The number of ether oxygens (including phenoxy) is 3. The van der Waals surface area contributed by atoms with Gasteiger partial charge in [-0.05, 0) is 32.4 Å². The van der Waals surface area contributed by atoms with Crippen LogP contribution < -0.4 is 9.47 Å². The summed E-state index contributed by atoms with van der Waals surface area (Å²) < 4.78 is 16.3. The Morgan fingerprint density at radius 2 is 1.88 bits per heavy atom. The molecule has 0 heterocycles. The van der Waals surface area contributed by atoms with E-state index in [0.29, 0.717) is 23.5 Å². The van der Waals surface area contributed by atoms with E-state index in [9.17, 15) is 9.90 Å². The van der Waals surface area contributed by atoms with E-state index < -0.39 is 11.4 Å². The van der Waals surface area contributed by atoms with E-state index in [1.165, 1.54) is 14.2 Å². The lowest BCUT2D eigenvalue weighted by atomic mass is 9.73. The number of rotatable bonds is 7. The largest absolute Gasteiger partial charge is 0.493 e. The number of carbonyl (C=O) groups is 1. The highest BCUT2D eigenvalue weighted by molar-refractivity contribution is 6.15. The molecule has 1 aliphatic rings. The van der Waals surface area contributed by atoms with Crippen molar-refractivity contribution in [2.45, 2.75) is 51.7 Å². The first kappa shape index (κ1) is 19.9. The molecule has 1 unspecified atom stereocenters. The number of Topliss-reactive ketones (excluding diaryl/α,β-unsaturated/α-hetero) is 1. The van der Waals surface area contributed by atoms with Gasteiger partial charge in [0, 0.05) is 12.0 Å². The highest BCUT2D eigenvalue weighted by Crippen LogP contribution is 2.46. The Hall–Kier alpha value is -2.45. The molecular weight excluding hydrogens is 332 g/mol. The average Bonchev–Trinajstić information content (AvgIpc) is 2.65. The molecule has 1 N–H and O–H groups in total. The lowest BCUT2D eigenvalue weighted by Gasteiger charge is -2.38. The van der Waals surface area contributed by atoms with Crippen LogP contribution >= 0.6 is 0 Å². The number of unbranched alkanes of at least 4 members (excludes halogenated alkanes) is 2. The molecule has 1 atom stereocenters. The summed E-state index contributed by atoms with van der Waals surface area (Å²) in [5.74, 6) is 6.55. The van der Waals surface area contributed by atoms with Gasteiger partial charge in [0.05, 0.1) is 20.3 Å². The summed E-state index contributed by atoms with van der Waals surface area (Å²) in [7, 11) is 3.03. The molecule has 0 radical (unpaired) electrons. The first-order valence-corrected chi connectivity index (χ1v) is 8.80. The number of hydrogen-bond acceptors (Lipinski definition) is 5. The summed E-state index contributed by atoms with van der Waals surface area (Å²) in [6.07, 6.45) is 2.51. The van der Waals surface area contributed by atoms with Crippen molar-refractivity contribution in [3.05, 3.63) is 35.1 Å². The Morgan fingerprint density at radius 3 is 2.46 bits per heavy atom. The second kappa shape index (κ2) is 8.29. The topological polar surface area (TPSA) is 65.0 Å². The van der Waals surface area contributed by atoms with E-state index in [-0.39, 0.29) is 17.4 Å². The fourth-order valence-corrected chi connectivity index (χ4v) is 2.74. The quantitative estimate of drug-likeness (QED) is 0.598. The van der Waals surface area contributed by atoms with Crippen LogP contribution in [0, 0.1) is 11.8 Å². The predicted octanol–water partition coefficient (Wildman–Crippen LogP) is 3.35. The van der Waals surface area contributed by atoms with E-state index in [1.807, 2.05) is 13.8 Å². The number of benzene rings is 1. The van der Waals surface area contributed by atoms with Gasteiger partial charge in [0.2, 0.25) is 11.4 Å². The number of aliphatic hydroxyl groups is 1. The van der Waals surface area contributed by atoms with Crippen LogP contribution in [0.3, 0.4) is 0 Å². The molecule has 1 aromatic carbocycles. The molecule has 0 spiro atoms. The summed E-state index contributed by atoms with van der Waals surface area (Å²) >= 11 is 0. The smallest absolute Gasteiger partial charge is 0.218 e. The minimum Gasteiger partial charge on any atom is -0.493 e. The van der Waals surface area contributed by atoms with Crippen molar-refractivity contribution in [3.8, 4) is 23.3 Å². The normalized spacial score (nSPS) is 19.0. The zero-order valence-corrected chi connectivity index (χ0v) is 16.0. The van der Waals surface area contributed by atoms with Crippen LogP contribution in [-0.2, 0) is 15.1 Å². The van der Waals surface area contributed by atoms with Gasteiger partial charge in [-0.15, -0.1) is 0 Å². The van der Waals surface area contributed by atoms with Gasteiger partial charge in [-0.3, -0.25) is 4.79 Å². The molecule has 0 aliphatic heterocycles. The minimum atomic E-state index is -1.85. The van der Waals surface area contributed by atoms with Gasteiger partial charge in [-0.25, -0.2) is 0 Å². The Bertz CT molecular complexity index is 766. The van der Waals surface area contributed by atoms with Gasteiger partial charge in [-0.1, -0.05) is 31.3 Å². The molecule has 0 amide bonds. The van der Waals surface area contributed by atoms with E-state index in [0.717, 1.165) is 12.8 Å². The van der Waals surface area contributed by atoms with E-state index in [1.54, 1.807) is 18.2 Å². The van der Waals surface area contributed by atoms with Gasteiger partial charge in [-0.2, -0.15) is 0 Å². The maximum absolute atomic E-state index is 12.7. The van der Waals surface area contributed by atoms with Crippen molar-refractivity contribution in [2.75, 3.05) is 14.2 Å². The van der Waals surface area contributed by atoms with Crippen LogP contribution in [0.5, 0.6) is 11.5 Å². The Balaban J connectivity index is 2.47. The molecule has 1 aromatic rings. The molecule has 140 valence electrons. The number of methoxy groups -OCH3 is 2. The van der Waals surface area contributed by atoms with Crippen molar-refractivity contribution in [1.82, 2.24) is 0 Å². The maximum Gasteiger partial charge on any atom is 0.218 e. The Labute approximate surface area is 155 Å². The van der Waals surface area contributed by atoms with Crippen LogP contribution in [0.2, 0.25) is 0 Å². The first-order valence-electron chi connectivity index (χ1n) is 8.80. The predicted molar refractivity (Wildman–Crippen MR) is 99.0 cm³/mol. The van der Waals surface area contributed by atoms with Gasteiger partial charge in [0.25, 0.3) is 0 Å². The monoisotopic (exact) mass is 358 g/mol. The number of ketones is 1. The van der Waals surface area contributed by atoms with Crippen LogP contribution in [0.1, 0.15) is 45.6 Å². The highest BCUT2D eigenvalue weighted by atomic mass is 16.5. The molecule has 0 bridgehead atoms. The summed E-state index contributed by atoms with van der Waals surface area (Å²) in [5, 5.41) is 11.1. The molecule has 0 fully saturated rings. The lowest BCUT2D eigenvalue weighted by Crippen LogP contribution is -2.49. The van der Waals surface area contributed by atoms with Crippen LogP contribution in [0.25, 0.3) is 0 Å². The molecule has 5 nitrogen and oxygen atoms in total. The van der Waals surface area contributed by atoms with Crippen molar-refractivity contribution >= 4 is 5.78 Å². The zero-order chi connectivity index (χ0) is 19.3. The summed E-state index contributed by atoms with van der Waals surface area (Å²) in [5.41, 5.74) is -1.24. The molecule has 0 saturated heterocycles. The average molecular weight is 358 g/mol. The Kier molecular flexibility index (Phi) is 6.33. The third-order valence-electron chi connectivity index (χ3n) is 4.13. The lowest BCUT2D eigenvalue weighted by molar-refractivity contribution is -0.142. The molecule has 5 heteroatoms. The standard InChI is InChI=1S/C21H26O5/c1-6-7-8-9-10-16-19(22)21(23,20(16)26-14(2)3)15-11-12-17(24-4)18(13-15)25-5/h11-14,23H,6-8H2,1-5H3. The fraction of sp³-hybridized carbons (Fsp3) is 0.476. The first-order chi connectivity index (χ1) is 12.4. The summed E-state index contributed by atoms with van der Waals surface area (Å²) in [4.78, 5) is 12.7. The van der Waals surface area contributed by atoms with Crippen LogP contribution in [0.4, 0.5) is 0 Å². The number of hydrogen-bond donors (Lipinski definition) is 1. The summed E-state index contributed by atoms with van der Waals surface area (Å²) in [6, 6.07) is 4.86. The zero-order valence-electron chi connectivity index (χ0n) is 16.0. The molecule has 1 aliphatic carbocycles. The van der Waals surface area contributed by atoms with Crippen LogP contribution in [-0.4, -0.2) is 31.2 Å². The molecule has 0 aromatic heterocycles. The fourth-order valence-electron chi connectivity index (χ4n) is 2.74. The summed E-state index contributed by atoms with van der Waals surface area (Å²) in [6.45, 7) is 5.76. The van der Waals surface area contributed by atoms with E-state index in [2.05, 4.69) is 18.8 Å². The van der Waals surface area contributed by atoms with Gasteiger partial charge in [0.1, 0.15) is 5.57 Å². The van der Waals surface area contributed by atoms with Crippen LogP contribution in [0.15, 0.2) is 29.5 Å². The second-order valence-electron chi connectivity index (χ2n) is 6.39. The molecule has 26 heavy (non-hydrogen) atoms. The maximum atomic E-state index is 12.7.